The molecule has 2 heterocycles. The number of methoxy groups -OCH3 is 2. The maximum absolute atomic E-state index is 12.2. The van der Waals surface area contributed by atoms with Gasteiger partial charge >= 0.3 is 0 Å². The molecule has 1 aromatic heterocycles. The summed E-state index contributed by atoms with van der Waals surface area (Å²) in [5, 5.41) is 3.00. The number of rotatable bonds is 6. The van der Waals surface area contributed by atoms with Gasteiger partial charge in [0.25, 0.3) is 5.91 Å². The lowest BCUT2D eigenvalue weighted by Crippen LogP contribution is -2.34. The lowest BCUT2D eigenvalue weighted by Gasteiger charge is -2.26. The van der Waals surface area contributed by atoms with Crippen LogP contribution < -0.4 is 14.8 Å². The predicted octanol–water partition coefficient (Wildman–Crippen LogP) is 2.88. The Bertz CT molecular complexity index is 713. The zero-order valence-electron chi connectivity index (χ0n) is 13.8. The Morgan fingerprint density at radius 2 is 2.21 bits per heavy atom. The van der Waals surface area contributed by atoms with Gasteiger partial charge in [0, 0.05) is 24.4 Å². The zero-order valence-corrected chi connectivity index (χ0v) is 14.7. The van der Waals surface area contributed by atoms with Crippen molar-refractivity contribution in [2.45, 2.75) is 13.0 Å². The summed E-state index contributed by atoms with van der Waals surface area (Å²) < 4.78 is 16.2. The molecule has 0 unspecified atom stereocenters. The van der Waals surface area contributed by atoms with Crippen molar-refractivity contribution in [3.05, 3.63) is 45.6 Å². The van der Waals surface area contributed by atoms with Crippen LogP contribution in [-0.2, 0) is 17.8 Å². The molecular weight excluding hydrogens is 326 g/mol. The third-order valence-electron chi connectivity index (χ3n) is 3.98. The third kappa shape index (κ3) is 3.71. The van der Waals surface area contributed by atoms with Crippen molar-refractivity contribution in [3.8, 4) is 11.5 Å². The Balaban J connectivity index is 1.56. The zero-order chi connectivity index (χ0) is 16.9. The fourth-order valence-electron chi connectivity index (χ4n) is 2.79. The first-order valence-corrected chi connectivity index (χ1v) is 8.67. The van der Waals surface area contributed by atoms with Gasteiger partial charge in [-0.2, -0.15) is 0 Å². The number of nitrogens with one attached hydrogen (secondary N) is 1. The molecule has 0 spiro atoms. The molecule has 1 amide bonds. The normalized spacial score (nSPS) is 16.2. The third-order valence-corrected chi connectivity index (χ3v) is 5.03. The molecule has 0 radical (unpaired) electrons. The molecule has 1 atom stereocenters. The van der Waals surface area contributed by atoms with Crippen molar-refractivity contribution in [1.29, 1.82) is 0 Å². The van der Waals surface area contributed by atoms with Gasteiger partial charge in [0.05, 0.1) is 25.2 Å². The minimum Gasteiger partial charge on any atom is -0.493 e. The molecule has 3 rings (SSSR count). The molecule has 1 aliphatic heterocycles. The lowest BCUT2D eigenvalue weighted by atomic mass is 9.96. The van der Waals surface area contributed by atoms with Gasteiger partial charge in [0.1, 0.15) is 0 Å². The molecule has 1 N–H and O–H groups in total. The number of carbonyl (C=O) groups is 1. The van der Waals surface area contributed by atoms with Gasteiger partial charge in [0.15, 0.2) is 11.5 Å². The van der Waals surface area contributed by atoms with Crippen LogP contribution in [-0.4, -0.2) is 33.3 Å². The van der Waals surface area contributed by atoms with E-state index in [-0.39, 0.29) is 11.8 Å². The van der Waals surface area contributed by atoms with Gasteiger partial charge in [-0.3, -0.25) is 4.79 Å². The standard InChI is InChI=1S/C18H21NO4S/c1-21-11-14-6-7-16(24-14)18(20)19-9-12-8-13-4-3-5-15(22-2)17(13)23-10-12/h3-7,12H,8-11H2,1-2H3,(H,19,20)/t12-/m0/s1. The average Bonchev–Trinajstić information content (AvgIpc) is 3.08. The highest BCUT2D eigenvalue weighted by atomic mass is 32.1. The second kappa shape index (κ2) is 7.68. The molecule has 128 valence electrons. The van der Waals surface area contributed by atoms with Crippen LogP contribution in [0, 0.1) is 5.92 Å². The quantitative estimate of drug-likeness (QED) is 0.873. The largest absolute Gasteiger partial charge is 0.493 e. The number of hydrogen-bond acceptors (Lipinski definition) is 5. The van der Waals surface area contributed by atoms with E-state index in [2.05, 4.69) is 5.32 Å². The first-order valence-electron chi connectivity index (χ1n) is 7.85. The van der Waals surface area contributed by atoms with E-state index < -0.39 is 0 Å². The number of ether oxygens (including phenoxy) is 3. The number of amides is 1. The highest BCUT2D eigenvalue weighted by molar-refractivity contribution is 7.14. The summed E-state index contributed by atoms with van der Waals surface area (Å²) in [6.07, 6.45) is 0.867. The second-order valence-electron chi connectivity index (χ2n) is 5.74. The van der Waals surface area contributed by atoms with Crippen molar-refractivity contribution in [2.24, 2.45) is 5.92 Å². The van der Waals surface area contributed by atoms with Gasteiger partial charge in [-0.25, -0.2) is 0 Å². The van der Waals surface area contributed by atoms with E-state index in [1.54, 1.807) is 14.2 Å². The lowest BCUT2D eigenvalue weighted by molar-refractivity contribution is 0.0942. The predicted molar refractivity (Wildman–Crippen MR) is 93.0 cm³/mol. The van der Waals surface area contributed by atoms with Crippen LogP contribution in [0.4, 0.5) is 0 Å². The smallest absolute Gasteiger partial charge is 0.261 e. The average molecular weight is 347 g/mol. The SMILES string of the molecule is COCc1ccc(C(=O)NC[C@H]2COc3c(cccc3OC)C2)s1. The molecule has 5 nitrogen and oxygen atoms in total. The molecule has 2 aromatic rings. The van der Waals surface area contributed by atoms with Crippen LogP contribution in [0.2, 0.25) is 0 Å². The number of para-hydroxylation sites is 1. The van der Waals surface area contributed by atoms with Gasteiger partial charge in [0.2, 0.25) is 0 Å². The van der Waals surface area contributed by atoms with E-state index in [4.69, 9.17) is 14.2 Å². The van der Waals surface area contributed by atoms with Crippen molar-refractivity contribution in [3.63, 3.8) is 0 Å². The Kier molecular flexibility index (Phi) is 5.37. The summed E-state index contributed by atoms with van der Waals surface area (Å²) in [5.74, 6) is 1.80. The van der Waals surface area contributed by atoms with Gasteiger partial charge in [-0.15, -0.1) is 11.3 Å². The van der Waals surface area contributed by atoms with E-state index in [1.165, 1.54) is 11.3 Å². The van der Waals surface area contributed by atoms with E-state index in [0.29, 0.717) is 24.6 Å². The van der Waals surface area contributed by atoms with E-state index >= 15 is 0 Å². The highest BCUT2D eigenvalue weighted by Gasteiger charge is 2.23. The molecule has 0 fully saturated rings. The van der Waals surface area contributed by atoms with Gasteiger partial charge in [-0.1, -0.05) is 12.1 Å². The van der Waals surface area contributed by atoms with Gasteiger partial charge < -0.3 is 19.5 Å². The van der Waals surface area contributed by atoms with Crippen molar-refractivity contribution < 1.29 is 19.0 Å². The monoisotopic (exact) mass is 347 g/mol. The highest BCUT2D eigenvalue weighted by Crippen LogP contribution is 2.35. The minimum atomic E-state index is -0.0428. The summed E-state index contributed by atoms with van der Waals surface area (Å²) in [6, 6.07) is 9.67. The fourth-order valence-corrected chi connectivity index (χ4v) is 3.69. The molecule has 1 aliphatic rings. The van der Waals surface area contributed by atoms with Crippen LogP contribution in [0.3, 0.4) is 0 Å². The van der Waals surface area contributed by atoms with Crippen molar-refractivity contribution >= 4 is 17.2 Å². The maximum Gasteiger partial charge on any atom is 0.261 e. The number of fused-ring (bicyclic) bond motifs is 1. The number of benzene rings is 1. The van der Waals surface area contributed by atoms with Crippen LogP contribution in [0.5, 0.6) is 11.5 Å². The molecule has 0 bridgehead atoms. The Morgan fingerprint density at radius 3 is 3.00 bits per heavy atom. The Morgan fingerprint density at radius 1 is 1.33 bits per heavy atom. The van der Waals surface area contributed by atoms with Gasteiger partial charge in [-0.05, 0) is 30.2 Å². The summed E-state index contributed by atoms with van der Waals surface area (Å²) in [6.45, 7) is 1.70. The Labute approximate surface area is 145 Å². The molecular formula is C18H21NO4S. The first kappa shape index (κ1) is 16.8. The maximum atomic E-state index is 12.2. The minimum absolute atomic E-state index is 0.0428. The number of thiophene rings is 1. The van der Waals surface area contributed by atoms with Crippen LogP contribution in [0.1, 0.15) is 20.1 Å². The van der Waals surface area contributed by atoms with Crippen LogP contribution in [0.15, 0.2) is 30.3 Å². The van der Waals surface area contributed by atoms with E-state index in [1.807, 2.05) is 30.3 Å². The molecule has 0 saturated carbocycles. The summed E-state index contributed by atoms with van der Waals surface area (Å²) in [4.78, 5) is 14.0. The fraction of sp³-hybridized carbons (Fsp3) is 0.389. The summed E-state index contributed by atoms with van der Waals surface area (Å²) >= 11 is 1.46. The number of carbonyl (C=O) groups excluding carboxylic acids is 1. The summed E-state index contributed by atoms with van der Waals surface area (Å²) in [7, 11) is 3.29. The van der Waals surface area contributed by atoms with Crippen molar-refractivity contribution in [1.82, 2.24) is 5.32 Å². The topological polar surface area (TPSA) is 56.8 Å². The molecule has 0 saturated heterocycles. The Hall–Kier alpha value is -2.05. The van der Waals surface area contributed by atoms with E-state index in [9.17, 15) is 4.79 Å². The molecule has 1 aromatic carbocycles. The number of hydrogen-bond donors (Lipinski definition) is 1. The molecule has 24 heavy (non-hydrogen) atoms. The van der Waals surface area contributed by atoms with Crippen LogP contribution >= 0.6 is 11.3 Å². The van der Waals surface area contributed by atoms with Crippen molar-refractivity contribution in [2.75, 3.05) is 27.4 Å². The molecule has 6 heteroatoms. The van der Waals surface area contributed by atoms with E-state index in [0.717, 1.165) is 28.4 Å². The molecule has 0 aliphatic carbocycles. The second-order valence-corrected chi connectivity index (χ2v) is 6.91. The van der Waals surface area contributed by atoms with Crippen LogP contribution in [0.25, 0.3) is 0 Å². The summed E-state index contributed by atoms with van der Waals surface area (Å²) in [5.41, 5.74) is 1.12. The first-order chi connectivity index (χ1) is 11.7.